The van der Waals surface area contributed by atoms with Crippen molar-refractivity contribution in [3.8, 4) is 17.2 Å². The van der Waals surface area contributed by atoms with Gasteiger partial charge in [0.2, 0.25) is 0 Å². The summed E-state index contributed by atoms with van der Waals surface area (Å²) in [5.41, 5.74) is 1.62. The maximum Gasteiger partial charge on any atom is 0.137 e. The average molecular weight is 371 g/mol. The Labute approximate surface area is 161 Å². The first-order valence-electron chi connectivity index (χ1n) is 9.52. The standard InChI is InChI=1S/C22H29NO4/c1-17(10-12-24)15-19-8-9-21(18(2)22(19)25)27-14-5-3-4-13-26-20-7-6-11-23-16-20/h6-9,11-12,16-17,25H,3-5,10,13-15H2,1-2H3. The first-order valence-corrected chi connectivity index (χ1v) is 9.52. The number of unbranched alkanes of at least 4 members (excludes halogenated alkanes) is 2. The van der Waals surface area contributed by atoms with E-state index in [9.17, 15) is 9.90 Å². The van der Waals surface area contributed by atoms with Crippen LogP contribution in [0.4, 0.5) is 0 Å². The van der Waals surface area contributed by atoms with Gasteiger partial charge in [-0.05, 0) is 62.3 Å². The van der Waals surface area contributed by atoms with Crippen molar-refractivity contribution >= 4 is 6.29 Å². The molecule has 1 heterocycles. The van der Waals surface area contributed by atoms with Gasteiger partial charge in [-0.3, -0.25) is 4.98 Å². The fourth-order valence-corrected chi connectivity index (χ4v) is 2.87. The van der Waals surface area contributed by atoms with Crippen molar-refractivity contribution in [3.05, 3.63) is 47.8 Å². The number of hydrogen-bond acceptors (Lipinski definition) is 5. The Hall–Kier alpha value is -2.56. The van der Waals surface area contributed by atoms with Crippen LogP contribution in [0.1, 0.15) is 43.7 Å². The minimum Gasteiger partial charge on any atom is -0.507 e. The molecule has 0 aliphatic heterocycles. The van der Waals surface area contributed by atoms with Gasteiger partial charge in [-0.2, -0.15) is 0 Å². The topological polar surface area (TPSA) is 68.7 Å². The highest BCUT2D eigenvalue weighted by atomic mass is 16.5. The van der Waals surface area contributed by atoms with Crippen LogP contribution in [0.25, 0.3) is 0 Å². The summed E-state index contributed by atoms with van der Waals surface area (Å²) in [7, 11) is 0. The summed E-state index contributed by atoms with van der Waals surface area (Å²) >= 11 is 0. The third-order valence-electron chi connectivity index (χ3n) is 4.48. The highest BCUT2D eigenvalue weighted by molar-refractivity contribution is 5.51. The molecule has 146 valence electrons. The fraction of sp³-hybridized carbons (Fsp3) is 0.455. The minimum atomic E-state index is 0.216. The first kappa shape index (κ1) is 20.7. The molecule has 0 saturated carbocycles. The monoisotopic (exact) mass is 371 g/mol. The van der Waals surface area contributed by atoms with Crippen LogP contribution < -0.4 is 9.47 Å². The van der Waals surface area contributed by atoms with E-state index in [0.29, 0.717) is 31.8 Å². The van der Waals surface area contributed by atoms with Crippen molar-refractivity contribution in [2.45, 2.75) is 46.0 Å². The summed E-state index contributed by atoms with van der Waals surface area (Å²) < 4.78 is 11.4. The number of carbonyl (C=O) groups excluding carboxylic acids is 1. The normalized spacial score (nSPS) is 11.8. The van der Waals surface area contributed by atoms with Crippen LogP contribution in [0, 0.1) is 12.8 Å². The molecule has 2 aromatic rings. The molecule has 0 fully saturated rings. The average Bonchev–Trinajstić information content (AvgIpc) is 2.67. The van der Waals surface area contributed by atoms with Gasteiger partial charge in [-0.15, -0.1) is 0 Å². The minimum absolute atomic E-state index is 0.216. The second kappa shape index (κ2) is 11.2. The molecular formula is C22H29NO4. The molecule has 5 nitrogen and oxygen atoms in total. The van der Waals surface area contributed by atoms with Gasteiger partial charge in [0.15, 0.2) is 0 Å². The zero-order chi connectivity index (χ0) is 19.5. The van der Waals surface area contributed by atoms with Crippen molar-refractivity contribution < 1.29 is 19.4 Å². The number of nitrogens with zero attached hydrogens (tertiary/aromatic N) is 1. The number of benzene rings is 1. The SMILES string of the molecule is Cc1c(OCCCCCOc2cccnc2)ccc(CC(C)CC=O)c1O. The van der Waals surface area contributed by atoms with Crippen LogP contribution in [0.5, 0.6) is 17.2 Å². The van der Waals surface area contributed by atoms with E-state index in [0.717, 1.165) is 42.4 Å². The van der Waals surface area contributed by atoms with Crippen molar-refractivity contribution in [2.24, 2.45) is 5.92 Å². The predicted molar refractivity (Wildman–Crippen MR) is 105 cm³/mol. The van der Waals surface area contributed by atoms with Crippen LogP contribution in [0.3, 0.4) is 0 Å². The quantitative estimate of drug-likeness (QED) is 0.440. The van der Waals surface area contributed by atoms with E-state index in [1.54, 1.807) is 12.4 Å². The number of rotatable bonds is 12. The molecule has 1 unspecified atom stereocenters. The predicted octanol–water partition coefficient (Wildman–Crippen LogP) is 4.49. The van der Waals surface area contributed by atoms with Gasteiger partial charge in [-0.25, -0.2) is 0 Å². The molecule has 1 aromatic carbocycles. The molecule has 1 aromatic heterocycles. The lowest BCUT2D eigenvalue weighted by molar-refractivity contribution is -0.108. The lowest BCUT2D eigenvalue weighted by Gasteiger charge is -2.15. The van der Waals surface area contributed by atoms with E-state index in [1.165, 1.54) is 0 Å². The van der Waals surface area contributed by atoms with Crippen molar-refractivity contribution in [1.82, 2.24) is 4.98 Å². The van der Waals surface area contributed by atoms with E-state index in [1.807, 2.05) is 38.1 Å². The fourth-order valence-electron chi connectivity index (χ4n) is 2.87. The molecule has 0 radical (unpaired) electrons. The molecule has 2 rings (SSSR count). The van der Waals surface area contributed by atoms with Crippen LogP contribution in [0.15, 0.2) is 36.7 Å². The van der Waals surface area contributed by atoms with E-state index in [2.05, 4.69) is 4.98 Å². The first-order chi connectivity index (χ1) is 13.1. The second-order valence-electron chi connectivity index (χ2n) is 6.85. The van der Waals surface area contributed by atoms with Crippen LogP contribution in [0.2, 0.25) is 0 Å². The zero-order valence-corrected chi connectivity index (χ0v) is 16.2. The summed E-state index contributed by atoms with van der Waals surface area (Å²) in [6.45, 7) is 5.14. The Balaban J connectivity index is 1.69. The lowest BCUT2D eigenvalue weighted by atomic mass is 9.96. The third kappa shape index (κ3) is 6.93. The van der Waals surface area contributed by atoms with E-state index >= 15 is 0 Å². The molecule has 5 heteroatoms. The molecule has 0 aliphatic rings. The van der Waals surface area contributed by atoms with Crippen LogP contribution in [-0.2, 0) is 11.2 Å². The van der Waals surface area contributed by atoms with Crippen molar-refractivity contribution in [1.29, 1.82) is 0 Å². The molecular weight excluding hydrogens is 342 g/mol. The van der Waals surface area contributed by atoms with Gasteiger partial charge in [-0.1, -0.05) is 13.0 Å². The number of pyridine rings is 1. The largest absolute Gasteiger partial charge is 0.507 e. The third-order valence-corrected chi connectivity index (χ3v) is 4.48. The molecule has 0 bridgehead atoms. The van der Waals surface area contributed by atoms with E-state index in [-0.39, 0.29) is 11.7 Å². The van der Waals surface area contributed by atoms with Gasteiger partial charge >= 0.3 is 0 Å². The number of phenols is 1. The van der Waals surface area contributed by atoms with Crippen LogP contribution >= 0.6 is 0 Å². The zero-order valence-electron chi connectivity index (χ0n) is 16.2. The molecule has 0 aliphatic carbocycles. The maximum absolute atomic E-state index is 10.6. The summed E-state index contributed by atoms with van der Waals surface area (Å²) in [6.07, 6.45) is 8.43. The number of hydrogen-bond donors (Lipinski definition) is 1. The molecule has 1 N–H and O–H groups in total. The van der Waals surface area contributed by atoms with E-state index < -0.39 is 0 Å². The molecule has 0 saturated heterocycles. The summed E-state index contributed by atoms with van der Waals surface area (Å²) in [5.74, 6) is 2.00. The van der Waals surface area contributed by atoms with Crippen molar-refractivity contribution in [3.63, 3.8) is 0 Å². The highest BCUT2D eigenvalue weighted by Crippen LogP contribution is 2.32. The summed E-state index contributed by atoms with van der Waals surface area (Å²) in [5, 5.41) is 10.4. The van der Waals surface area contributed by atoms with Gasteiger partial charge in [0, 0.05) is 18.2 Å². The number of aldehydes is 1. The van der Waals surface area contributed by atoms with Crippen LogP contribution in [-0.4, -0.2) is 29.6 Å². The number of carbonyl (C=O) groups is 1. The second-order valence-corrected chi connectivity index (χ2v) is 6.85. The number of aromatic nitrogens is 1. The number of ether oxygens (including phenoxy) is 2. The van der Waals surface area contributed by atoms with Crippen molar-refractivity contribution in [2.75, 3.05) is 13.2 Å². The highest BCUT2D eigenvalue weighted by Gasteiger charge is 2.12. The number of aromatic hydroxyl groups is 1. The van der Waals surface area contributed by atoms with Gasteiger partial charge in [0.1, 0.15) is 23.5 Å². The molecule has 0 spiro atoms. The van der Waals surface area contributed by atoms with Gasteiger partial charge < -0.3 is 19.4 Å². The Morgan fingerprint density at radius 3 is 2.63 bits per heavy atom. The maximum atomic E-state index is 10.6. The molecule has 27 heavy (non-hydrogen) atoms. The Morgan fingerprint density at radius 1 is 1.15 bits per heavy atom. The summed E-state index contributed by atoms with van der Waals surface area (Å²) in [4.78, 5) is 14.6. The van der Waals surface area contributed by atoms with Gasteiger partial charge in [0.25, 0.3) is 0 Å². The summed E-state index contributed by atoms with van der Waals surface area (Å²) in [6, 6.07) is 7.55. The molecule has 1 atom stereocenters. The number of phenolic OH excluding ortho intramolecular Hbond substituents is 1. The Morgan fingerprint density at radius 2 is 1.93 bits per heavy atom. The van der Waals surface area contributed by atoms with E-state index in [4.69, 9.17) is 9.47 Å². The molecule has 0 amide bonds. The van der Waals surface area contributed by atoms with Gasteiger partial charge in [0.05, 0.1) is 19.4 Å². The lowest BCUT2D eigenvalue weighted by Crippen LogP contribution is -2.04. The Kier molecular flexibility index (Phi) is 8.62. The smallest absolute Gasteiger partial charge is 0.137 e. The Bertz CT molecular complexity index is 703.